The van der Waals surface area contributed by atoms with Crippen molar-refractivity contribution in [2.75, 3.05) is 48.9 Å². The van der Waals surface area contributed by atoms with Gasteiger partial charge in [-0.3, -0.25) is 9.59 Å². The molecule has 0 radical (unpaired) electrons. The van der Waals surface area contributed by atoms with Gasteiger partial charge in [0.05, 0.1) is 24.4 Å². The summed E-state index contributed by atoms with van der Waals surface area (Å²) in [6.07, 6.45) is 10.3. The molecule has 10 nitrogen and oxygen atoms in total. The molecule has 1 saturated carbocycles. The van der Waals surface area contributed by atoms with E-state index < -0.39 is 5.41 Å². The number of ether oxygens (including phenoxy) is 1. The first-order valence-electron chi connectivity index (χ1n) is 14.7. The van der Waals surface area contributed by atoms with Gasteiger partial charge < -0.3 is 30.5 Å². The van der Waals surface area contributed by atoms with Gasteiger partial charge in [0.15, 0.2) is 5.82 Å². The molecule has 1 aliphatic carbocycles. The molecule has 10 heteroatoms. The number of methoxy groups -OCH3 is 1. The van der Waals surface area contributed by atoms with Crippen LogP contribution < -0.4 is 30.5 Å². The van der Waals surface area contributed by atoms with Gasteiger partial charge in [-0.2, -0.15) is 4.98 Å². The second-order valence-electron chi connectivity index (χ2n) is 11.7. The molecule has 3 N–H and O–H groups in total. The third-order valence-corrected chi connectivity index (χ3v) is 8.86. The lowest BCUT2D eigenvalue weighted by Gasteiger charge is -2.38. The maximum absolute atomic E-state index is 13.5. The number of hydrogen-bond donors (Lipinski definition) is 3. The Balaban J connectivity index is 1.42. The molecule has 2 fully saturated rings. The van der Waals surface area contributed by atoms with Crippen LogP contribution in [-0.4, -0.2) is 67.7 Å². The zero-order valence-corrected chi connectivity index (χ0v) is 24.3. The van der Waals surface area contributed by atoms with Crippen LogP contribution in [0.4, 0.5) is 23.1 Å². The van der Waals surface area contributed by atoms with E-state index in [4.69, 9.17) is 9.72 Å². The smallest absolute Gasteiger partial charge is 0.251 e. The average Bonchev–Trinajstić information content (AvgIpc) is 3.07. The van der Waals surface area contributed by atoms with Gasteiger partial charge in [0.2, 0.25) is 11.9 Å². The third kappa shape index (κ3) is 5.73. The number of carbonyl (C=O) groups excluding carboxylic acids is 2. The predicted molar refractivity (Wildman–Crippen MR) is 158 cm³/mol. The van der Waals surface area contributed by atoms with Crippen LogP contribution in [0.15, 0.2) is 24.4 Å². The highest BCUT2D eigenvalue weighted by Crippen LogP contribution is 2.41. The minimum atomic E-state index is -0.506. The molecular formula is C30H43N7O3. The maximum atomic E-state index is 13.5. The maximum Gasteiger partial charge on any atom is 0.251 e. The van der Waals surface area contributed by atoms with Crippen molar-refractivity contribution in [3.05, 3.63) is 30.0 Å². The van der Waals surface area contributed by atoms with Gasteiger partial charge in [0, 0.05) is 37.8 Å². The number of piperidine rings is 1. The number of carbonyl (C=O) groups is 2. The summed E-state index contributed by atoms with van der Waals surface area (Å²) in [7, 11) is 3.41. The lowest BCUT2D eigenvalue weighted by Crippen LogP contribution is -2.47. The molecule has 2 aliphatic heterocycles. The van der Waals surface area contributed by atoms with Gasteiger partial charge in [0.1, 0.15) is 11.4 Å². The molecule has 1 aromatic heterocycles. The lowest BCUT2D eigenvalue weighted by molar-refractivity contribution is -0.126. The molecule has 2 amide bonds. The number of anilines is 4. The second kappa shape index (κ2) is 12.0. The number of aromatic nitrogens is 2. The van der Waals surface area contributed by atoms with Crippen molar-refractivity contribution in [3.63, 3.8) is 0 Å². The van der Waals surface area contributed by atoms with E-state index in [2.05, 4.69) is 39.7 Å². The fourth-order valence-electron chi connectivity index (χ4n) is 6.17. The van der Waals surface area contributed by atoms with Gasteiger partial charge in [-0.25, -0.2) is 4.98 Å². The lowest BCUT2D eigenvalue weighted by atomic mass is 9.84. The van der Waals surface area contributed by atoms with E-state index in [1.807, 2.05) is 13.1 Å². The van der Waals surface area contributed by atoms with Gasteiger partial charge >= 0.3 is 0 Å². The first kappa shape index (κ1) is 28.1. The van der Waals surface area contributed by atoms with Crippen molar-refractivity contribution in [2.45, 2.75) is 77.3 Å². The van der Waals surface area contributed by atoms with E-state index in [1.165, 1.54) is 19.3 Å². The summed E-state index contributed by atoms with van der Waals surface area (Å²) >= 11 is 0. The first-order chi connectivity index (χ1) is 19.3. The van der Waals surface area contributed by atoms with Gasteiger partial charge in [0.25, 0.3) is 5.91 Å². The van der Waals surface area contributed by atoms with Crippen LogP contribution >= 0.6 is 0 Å². The largest absolute Gasteiger partial charge is 0.495 e. The summed E-state index contributed by atoms with van der Waals surface area (Å²) in [6, 6.07) is 5.82. The summed E-state index contributed by atoms with van der Waals surface area (Å²) in [5, 5.41) is 9.74. The standard InChI is InChI=1S/C30H43N7O3/c1-5-30(2)19-37(22-11-7-6-8-12-22)26-24(36(3)28(30)39)18-32-29(35-26)34-23-14-13-20(16-25(23)40-4)27(38)33-21-10-9-15-31-17-21/h13-14,16,18,21-22,31H,5-12,15,17,19H2,1-4H3,(H,33,38)(H,32,34,35)/t21-,30+/m0/s1. The summed E-state index contributed by atoms with van der Waals surface area (Å²) in [5.74, 6) is 1.72. The Morgan fingerprint density at radius 1 is 1.20 bits per heavy atom. The van der Waals surface area contributed by atoms with Crippen molar-refractivity contribution in [1.29, 1.82) is 0 Å². The van der Waals surface area contributed by atoms with Crippen LogP contribution in [0, 0.1) is 5.41 Å². The summed E-state index contributed by atoms with van der Waals surface area (Å²) in [4.78, 5) is 40.1. The quantitative estimate of drug-likeness (QED) is 0.470. The Morgan fingerprint density at radius 3 is 2.70 bits per heavy atom. The van der Waals surface area contributed by atoms with Crippen LogP contribution in [0.2, 0.25) is 0 Å². The molecule has 1 saturated heterocycles. The van der Waals surface area contributed by atoms with Crippen LogP contribution in [0.1, 0.15) is 75.6 Å². The Labute approximate surface area is 237 Å². The molecule has 5 rings (SSSR count). The molecule has 1 aromatic carbocycles. The Morgan fingerprint density at radius 2 is 2.00 bits per heavy atom. The monoisotopic (exact) mass is 549 g/mol. The van der Waals surface area contributed by atoms with Crippen molar-refractivity contribution >= 4 is 35.0 Å². The Bertz CT molecular complexity index is 1230. The molecule has 3 heterocycles. The molecule has 2 aromatic rings. The molecule has 2 atom stereocenters. The summed E-state index contributed by atoms with van der Waals surface area (Å²) < 4.78 is 5.65. The molecule has 40 heavy (non-hydrogen) atoms. The number of fused-ring (bicyclic) bond motifs is 1. The van der Waals surface area contributed by atoms with Crippen molar-refractivity contribution in [3.8, 4) is 5.75 Å². The molecule has 0 unspecified atom stereocenters. The first-order valence-corrected chi connectivity index (χ1v) is 14.7. The summed E-state index contributed by atoms with van der Waals surface area (Å²) in [5.41, 5.74) is 1.43. The van der Waals surface area contributed by atoms with Crippen molar-refractivity contribution in [1.82, 2.24) is 20.6 Å². The summed E-state index contributed by atoms with van der Waals surface area (Å²) in [6.45, 7) is 6.56. The molecule has 0 bridgehead atoms. The highest BCUT2D eigenvalue weighted by molar-refractivity contribution is 6.01. The number of benzene rings is 1. The molecule has 3 aliphatic rings. The average molecular weight is 550 g/mol. The van der Waals surface area contributed by atoms with Crippen LogP contribution in [0.25, 0.3) is 0 Å². The fraction of sp³-hybridized carbons (Fsp3) is 0.600. The second-order valence-corrected chi connectivity index (χ2v) is 11.7. The SMILES string of the molecule is CC[C@]1(C)CN(C2CCCCC2)c2nc(Nc3ccc(C(=O)N[C@H]4CCCNC4)cc3OC)ncc2N(C)C1=O. The van der Waals surface area contributed by atoms with Gasteiger partial charge in [-0.15, -0.1) is 0 Å². The molecule has 216 valence electrons. The number of hydrogen-bond acceptors (Lipinski definition) is 8. The van der Waals surface area contributed by atoms with Crippen LogP contribution in [0.5, 0.6) is 5.75 Å². The fourth-order valence-corrected chi connectivity index (χ4v) is 6.17. The predicted octanol–water partition coefficient (Wildman–Crippen LogP) is 4.24. The van der Waals surface area contributed by atoms with Gasteiger partial charge in [-0.1, -0.05) is 26.2 Å². The normalized spacial score (nSPS) is 23.8. The minimum absolute atomic E-state index is 0.0958. The van der Waals surface area contributed by atoms with E-state index in [1.54, 1.807) is 30.3 Å². The number of nitrogens with one attached hydrogen (secondary N) is 3. The molecular weight excluding hydrogens is 506 g/mol. The minimum Gasteiger partial charge on any atom is -0.495 e. The van der Waals surface area contributed by atoms with Crippen molar-refractivity contribution < 1.29 is 14.3 Å². The van der Waals surface area contributed by atoms with E-state index >= 15 is 0 Å². The number of amides is 2. The Kier molecular flexibility index (Phi) is 8.44. The Hall–Kier alpha value is -3.40. The highest BCUT2D eigenvalue weighted by atomic mass is 16.5. The highest BCUT2D eigenvalue weighted by Gasteiger charge is 2.43. The molecule has 0 spiro atoms. The van der Waals surface area contributed by atoms with Gasteiger partial charge in [-0.05, 0) is 63.8 Å². The van der Waals surface area contributed by atoms with Crippen LogP contribution in [0.3, 0.4) is 0 Å². The van der Waals surface area contributed by atoms with E-state index in [0.717, 1.165) is 56.7 Å². The topological polar surface area (TPSA) is 112 Å². The van der Waals surface area contributed by atoms with Crippen LogP contribution in [-0.2, 0) is 4.79 Å². The zero-order valence-electron chi connectivity index (χ0n) is 24.3. The zero-order chi connectivity index (χ0) is 28.3. The third-order valence-electron chi connectivity index (χ3n) is 8.86. The van der Waals surface area contributed by atoms with E-state index in [0.29, 0.717) is 35.5 Å². The number of nitrogens with zero attached hydrogens (tertiary/aromatic N) is 4. The van der Waals surface area contributed by atoms with E-state index in [9.17, 15) is 9.59 Å². The number of rotatable bonds is 7. The van der Waals surface area contributed by atoms with Crippen molar-refractivity contribution in [2.24, 2.45) is 5.41 Å². The van der Waals surface area contributed by atoms with E-state index in [-0.39, 0.29) is 17.9 Å².